The summed E-state index contributed by atoms with van der Waals surface area (Å²) in [7, 11) is 0. The van der Waals surface area contributed by atoms with Crippen LogP contribution in [0.1, 0.15) is 13.3 Å². The average Bonchev–Trinajstić information content (AvgIpc) is 2.16. The fourth-order valence-corrected chi connectivity index (χ4v) is 0.854. The van der Waals surface area contributed by atoms with Gasteiger partial charge in [0.15, 0.2) is 0 Å². The number of carboxylic acids is 1. The molecule has 0 fully saturated rings. The van der Waals surface area contributed by atoms with Crippen LogP contribution < -0.4 is 10.6 Å². The van der Waals surface area contributed by atoms with Crippen molar-refractivity contribution in [2.45, 2.75) is 25.4 Å². The highest BCUT2D eigenvalue weighted by molar-refractivity contribution is 5.82. The van der Waals surface area contributed by atoms with Crippen molar-refractivity contribution in [3.63, 3.8) is 0 Å². The largest absolute Gasteiger partial charge is 0.480 e. The quantitative estimate of drug-likeness (QED) is 0.572. The van der Waals surface area contributed by atoms with Crippen LogP contribution in [0.2, 0.25) is 0 Å². The van der Waals surface area contributed by atoms with Gasteiger partial charge in [-0.05, 0) is 13.3 Å². The van der Waals surface area contributed by atoms with Crippen molar-refractivity contribution >= 4 is 12.0 Å². The number of amides is 2. The van der Waals surface area contributed by atoms with Gasteiger partial charge in [-0.1, -0.05) is 12.2 Å². The Bertz CT molecular complexity index is 263. The van der Waals surface area contributed by atoms with Gasteiger partial charge in [-0.2, -0.15) is 0 Å². The van der Waals surface area contributed by atoms with Crippen LogP contribution in [0.4, 0.5) is 4.79 Å². The van der Waals surface area contributed by atoms with Crippen molar-refractivity contribution in [2.75, 3.05) is 0 Å². The molecule has 5 heteroatoms. The predicted molar refractivity (Wildman–Crippen MR) is 57.6 cm³/mol. The van der Waals surface area contributed by atoms with Gasteiger partial charge in [-0.15, -0.1) is 13.2 Å². The number of hydrogen-bond acceptors (Lipinski definition) is 2. The van der Waals surface area contributed by atoms with Crippen LogP contribution in [0, 0.1) is 0 Å². The van der Waals surface area contributed by atoms with Gasteiger partial charge in [-0.25, -0.2) is 9.59 Å². The molecule has 5 nitrogen and oxygen atoms in total. The van der Waals surface area contributed by atoms with Gasteiger partial charge in [0.1, 0.15) is 6.04 Å². The molecule has 84 valence electrons. The maximum atomic E-state index is 11.2. The first-order valence-electron chi connectivity index (χ1n) is 4.54. The molecule has 0 heterocycles. The summed E-state index contributed by atoms with van der Waals surface area (Å²) >= 11 is 0. The molecule has 0 saturated carbocycles. The summed E-state index contributed by atoms with van der Waals surface area (Å²) in [6, 6.07) is -1.68. The van der Waals surface area contributed by atoms with Gasteiger partial charge in [0.05, 0.1) is 0 Å². The van der Waals surface area contributed by atoms with Gasteiger partial charge in [0.25, 0.3) is 0 Å². The SMILES string of the molecule is C=CCC(NC(=O)NC(C)C=C)C(=O)O. The number of nitrogens with one attached hydrogen (secondary N) is 2. The normalized spacial score (nSPS) is 13.4. The molecule has 0 aliphatic carbocycles. The van der Waals surface area contributed by atoms with Crippen molar-refractivity contribution < 1.29 is 14.7 Å². The molecule has 0 bridgehead atoms. The predicted octanol–water partition coefficient (Wildman–Crippen LogP) is 0.889. The zero-order valence-electron chi connectivity index (χ0n) is 8.69. The van der Waals surface area contributed by atoms with E-state index in [1.165, 1.54) is 6.08 Å². The third kappa shape index (κ3) is 5.51. The smallest absolute Gasteiger partial charge is 0.326 e. The molecule has 0 rings (SSSR count). The molecule has 0 aromatic heterocycles. The lowest BCUT2D eigenvalue weighted by Crippen LogP contribution is -2.47. The minimum atomic E-state index is -1.09. The van der Waals surface area contributed by atoms with Crippen LogP contribution in [0.3, 0.4) is 0 Å². The standard InChI is InChI=1S/C10H16N2O3/c1-4-6-8(9(13)14)12-10(15)11-7(3)5-2/h4-5,7-8H,1-2,6H2,3H3,(H,13,14)(H2,11,12,15). The minimum absolute atomic E-state index is 0.186. The maximum Gasteiger partial charge on any atom is 0.326 e. The van der Waals surface area contributed by atoms with Crippen molar-refractivity contribution in [1.82, 2.24) is 10.6 Å². The third-order valence-electron chi connectivity index (χ3n) is 1.72. The van der Waals surface area contributed by atoms with Crippen molar-refractivity contribution in [1.29, 1.82) is 0 Å². The molecule has 0 aromatic rings. The maximum absolute atomic E-state index is 11.2. The number of carboxylic acid groups (broad SMARTS) is 1. The lowest BCUT2D eigenvalue weighted by atomic mass is 10.2. The summed E-state index contributed by atoms with van der Waals surface area (Å²) in [6.45, 7) is 8.64. The summed E-state index contributed by atoms with van der Waals surface area (Å²) in [5.41, 5.74) is 0. The first kappa shape index (κ1) is 13.2. The monoisotopic (exact) mass is 212 g/mol. The lowest BCUT2D eigenvalue weighted by Gasteiger charge is -2.15. The molecule has 0 spiro atoms. The number of hydrogen-bond donors (Lipinski definition) is 3. The van der Waals surface area contributed by atoms with Crippen molar-refractivity contribution in [3.05, 3.63) is 25.3 Å². The van der Waals surface area contributed by atoms with E-state index in [2.05, 4.69) is 23.8 Å². The Labute approximate surface area is 88.9 Å². The molecule has 0 saturated heterocycles. The van der Waals surface area contributed by atoms with Crippen molar-refractivity contribution in [3.8, 4) is 0 Å². The Morgan fingerprint density at radius 2 is 2.00 bits per heavy atom. The molecule has 2 amide bonds. The number of carbonyl (C=O) groups is 2. The average molecular weight is 212 g/mol. The van der Waals surface area contributed by atoms with E-state index >= 15 is 0 Å². The van der Waals surface area contributed by atoms with Crippen LogP contribution in [0.15, 0.2) is 25.3 Å². The zero-order chi connectivity index (χ0) is 11.8. The lowest BCUT2D eigenvalue weighted by molar-refractivity contribution is -0.139. The Morgan fingerprint density at radius 3 is 2.40 bits per heavy atom. The number of carbonyl (C=O) groups excluding carboxylic acids is 1. The van der Waals surface area contributed by atoms with Gasteiger partial charge >= 0.3 is 12.0 Å². The molecule has 2 unspecified atom stereocenters. The summed E-state index contributed by atoms with van der Waals surface area (Å²) in [5, 5.41) is 13.6. The van der Waals surface area contributed by atoms with Gasteiger partial charge in [-0.3, -0.25) is 0 Å². The minimum Gasteiger partial charge on any atom is -0.480 e. The van der Waals surface area contributed by atoms with Crippen molar-refractivity contribution in [2.24, 2.45) is 0 Å². The van der Waals surface area contributed by atoms with E-state index in [4.69, 9.17) is 5.11 Å². The molecule has 2 atom stereocenters. The summed E-state index contributed by atoms with van der Waals surface area (Å²) < 4.78 is 0. The number of urea groups is 1. The molecule has 0 radical (unpaired) electrons. The molecular weight excluding hydrogens is 196 g/mol. The molecular formula is C10H16N2O3. The van der Waals surface area contributed by atoms with Crippen LogP contribution in [-0.2, 0) is 4.79 Å². The van der Waals surface area contributed by atoms with Gasteiger partial charge < -0.3 is 15.7 Å². The summed E-state index contributed by atoms with van der Waals surface area (Å²) in [4.78, 5) is 21.9. The van der Waals surface area contributed by atoms with E-state index in [0.29, 0.717) is 0 Å². The second-order valence-corrected chi connectivity index (χ2v) is 3.06. The number of aliphatic carboxylic acids is 1. The van der Waals surface area contributed by atoms with Crippen LogP contribution in [0.25, 0.3) is 0 Å². The van der Waals surface area contributed by atoms with Gasteiger partial charge in [0, 0.05) is 6.04 Å². The highest BCUT2D eigenvalue weighted by atomic mass is 16.4. The van der Waals surface area contributed by atoms with E-state index in [1.54, 1.807) is 13.0 Å². The highest BCUT2D eigenvalue weighted by Crippen LogP contribution is 1.93. The van der Waals surface area contributed by atoms with E-state index in [1.807, 2.05) is 0 Å². The second-order valence-electron chi connectivity index (χ2n) is 3.06. The number of rotatable bonds is 6. The van der Waals surface area contributed by atoms with E-state index in [-0.39, 0.29) is 12.5 Å². The molecule has 0 aromatic carbocycles. The zero-order valence-corrected chi connectivity index (χ0v) is 8.69. The molecule has 0 aliphatic heterocycles. The van der Waals surface area contributed by atoms with E-state index < -0.39 is 18.0 Å². The highest BCUT2D eigenvalue weighted by Gasteiger charge is 2.18. The molecule has 3 N–H and O–H groups in total. The molecule has 0 aliphatic rings. The van der Waals surface area contributed by atoms with Crippen LogP contribution >= 0.6 is 0 Å². The Morgan fingerprint density at radius 1 is 1.40 bits per heavy atom. The second kappa shape index (κ2) is 6.64. The Hall–Kier alpha value is -1.78. The topological polar surface area (TPSA) is 78.4 Å². The van der Waals surface area contributed by atoms with Gasteiger partial charge in [0.2, 0.25) is 0 Å². The van der Waals surface area contributed by atoms with Crippen LogP contribution in [0.5, 0.6) is 0 Å². The van der Waals surface area contributed by atoms with E-state index in [9.17, 15) is 9.59 Å². The first-order valence-corrected chi connectivity index (χ1v) is 4.54. The fourth-order valence-electron chi connectivity index (χ4n) is 0.854. The van der Waals surface area contributed by atoms with E-state index in [0.717, 1.165) is 0 Å². The first-order chi connectivity index (χ1) is 7.01. The Kier molecular flexibility index (Phi) is 5.85. The Balaban J connectivity index is 4.16. The summed E-state index contributed by atoms with van der Waals surface area (Å²) in [6.07, 6.45) is 3.17. The molecule has 15 heavy (non-hydrogen) atoms. The van der Waals surface area contributed by atoms with Crippen LogP contribution in [-0.4, -0.2) is 29.2 Å². The summed E-state index contributed by atoms with van der Waals surface area (Å²) in [5.74, 6) is -1.09. The fraction of sp³-hybridized carbons (Fsp3) is 0.400. The third-order valence-corrected chi connectivity index (χ3v) is 1.72.